The number of hydrogen-bond donors (Lipinski definition) is 1. The van der Waals surface area contributed by atoms with Gasteiger partial charge in [-0.2, -0.15) is 0 Å². The smallest absolute Gasteiger partial charge is 0.126 e. The Morgan fingerprint density at radius 1 is 1.43 bits per heavy atom. The third-order valence-electron chi connectivity index (χ3n) is 3.12. The summed E-state index contributed by atoms with van der Waals surface area (Å²) in [5.74, 6) is 1.65. The van der Waals surface area contributed by atoms with Crippen LogP contribution in [-0.4, -0.2) is 13.7 Å². The highest BCUT2D eigenvalue weighted by atomic mass is 16.5. The highest BCUT2D eigenvalue weighted by Gasteiger charge is 2.27. The third kappa shape index (κ3) is 0.910. The van der Waals surface area contributed by atoms with Gasteiger partial charge in [0.05, 0.1) is 7.11 Å². The number of allylic oxidation sites excluding steroid dienone is 1. The summed E-state index contributed by atoms with van der Waals surface area (Å²) in [6.45, 7) is 1.07. The Morgan fingerprint density at radius 3 is 3.21 bits per heavy atom. The SMILES string of the molecule is COc1ccc2c3c1C=CCC3CN2. The minimum atomic E-state index is 0.653. The van der Waals surface area contributed by atoms with Crippen LogP contribution in [0.5, 0.6) is 5.75 Å². The van der Waals surface area contributed by atoms with Gasteiger partial charge in [0.2, 0.25) is 0 Å². The molecule has 0 saturated heterocycles. The van der Waals surface area contributed by atoms with Crippen LogP contribution in [0.4, 0.5) is 5.69 Å². The largest absolute Gasteiger partial charge is 0.496 e. The molecule has 14 heavy (non-hydrogen) atoms. The maximum absolute atomic E-state index is 5.36. The Bertz CT molecular complexity index is 409. The van der Waals surface area contributed by atoms with Crippen LogP contribution in [0.15, 0.2) is 18.2 Å². The molecule has 0 amide bonds. The van der Waals surface area contributed by atoms with Gasteiger partial charge in [0, 0.05) is 23.7 Å². The van der Waals surface area contributed by atoms with Crippen LogP contribution in [0.2, 0.25) is 0 Å². The molecule has 2 heteroatoms. The molecule has 1 aliphatic carbocycles. The van der Waals surface area contributed by atoms with Crippen molar-refractivity contribution in [3.05, 3.63) is 29.3 Å². The van der Waals surface area contributed by atoms with Crippen LogP contribution in [-0.2, 0) is 0 Å². The molecule has 3 rings (SSSR count). The Labute approximate surface area is 83.6 Å². The maximum Gasteiger partial charge on any atom is 0.126 e. The first-order chi connectivity index (χ1) is 6.90. The zero-order valence-corrected chi connectivity index (χ0v) is 8.21. The average Bonchev–Trinajstić information content (AvgIpc) is 2.65. The van der Waals surface area contributed by atoms with Crippen molar-refractivity contribution in [1.29, 1.82) is 0 Å². The number of ether oxygens (including phenoxy) is 1. The van der Waals surface area contributed by atoms with Gasteiger partial charge in [-0.15, -0.1) is 0 Å². The fourth-order valence-electron chi connectivity index (χ4n) is 2.45. The molecule has 0 radical (unpaired) electrons. The molecule has 1 aromatic carbocycles. The molecule has 0 fully saturated rings. The first-order valence-corrected chi connectivity index (χ1v) is 5.01. The molecule has 1 N–H and O–H groups in total. The van der Waals surface area contributed by atoms with Gasteiger partial charge in [0.1, 0.15) is 5.75 Å². The maximum atomic E-state index is 5.36. The van der Waals surface area contributed by atoms with E-state index in [4.69, 9.17) is 4.74 Å². The van der Waals surface area contributed by atoms with Crippen molar-refractivity contribution in [2.24, 2.45) is 0 Å². The Morgan fingerprint density at radius 2 is 2.36 bits per heavy atom. The van der Waals surface area contributed by atoms with Gasteiger partial charge in [-0.25, -0.2) is 0 Å². The topological polar surface area (TPSA) is 21.3 Å². The average molecular weight is 187 g/mol. The summed E-state index contributed by atoms with van der Waals surface area (Å²) >= 11 is 0. The zero-order chi connectivity index (χ0) is 9.54. The molecule has 1 aliphatic heterocycles. The molecular formula is C12H13NO. The fraction of sp³-hybridized carbons (Fsp3) is 0.333. The Balaban J connectivity index is 2.27. The van der Waals surface area contributed by atoms with Crippen LogP contribution in [0.25, 0.3) is 6.08 Å². The van der Waals surface area contributed by atoms with Gasteiger partial charge < -0.3 is 10.1 Å². The van der Waals surface area contributed by atoms with Crippen molar-refractivity contribution < 1.29 is 4.74 Å². The number of methoxy groups -OCH3 is 1. The standard InChI is InChI=1S/C12H13NO/c1-14-11-6-5-10-12-8(7-13-10)3-2-4-9(11)12/h2,4-6,8,13H,3,7H2,1H3. The van der Waals surface area contributed by atoms with Gasteiger partial charge in [-0.05, 0) is 24.1 Å². The van der Waals surface area contributed by atoms with Gasteiger partial charge in [0.25, 0.3) is 0 Å². The van der Waals surface area contributed by atoms with Crippen molar-refractivity contribution in [1.82, 2.24) is 0 Å². The lowest BCUT2D eigenvalue weighted by molar-refractivity contribution is 0.413. The fourth-order valence-corrected chi connectivity index (χ4v) is 2.45. The number of rotatable bonds is 1. The van der Waals surface area contributed by atoms with E-state index in [-0.39, 0.29) is 0 Å². The number of nitrogens with one attached hydrogen (secondary N) is 1. The second-order valence-corrected chi connectivity index (χ2v) is 3.86. The van der Waals surface area contributed by atoms with Crippen molar-refractivity contribution in [2.75, 3.05) is 19.0 Å². The molecule has 72 valence electrons. The lowest BCUT2D eigenvalue weighted by Gasteiger charge is -2.17. The minimum absolute atomic E-state index is 0.653. The van der Waals surface area contributed by atoms with Crippen molar-refractivity contribution in [3.63, 3.8) is 0 Å². The van der Waals surface area contributed by atoms with E-state index in [1.165, 1.54) is 16.8 Å². The van der Waals surface area contributed by atoms with E-state index >= 15 is 0 Å². The summed E-state index contributed by atoms with van der Waals surface area (Å²) in [6, 6.07) is 4.16. The summed E-state index contributed by atoms with van der Waals surface area (Å²) in [6.07, 6.45) is 5.58. The molecule has 1 heterocycles. The van der Waals surface area contributed by atoms with E-state index in [0.29, 0.717) is 5.92 Å². The summed E-state index contributed by atoms with van der Waals surface area (Å²) in [5.41, 5.74) is 4.01. The van der Waals surface area contributed by atoms with E-state index in [9.17, 15) is 0 Å². The van der Waals surface area contributed by atoms with Gasteiger partial charge in [-0.3, -0.25) is 0 Å². The molecular weight excluding hydrogens is 174 g/mol. The van der Waals surface area contributed by atoms with Crippen molar-refractivity contribution >= 4 is 11.8 Å². The van der Waals surface area contributed by atoms with E-state index < -0.39 is 0 Å². The summed E-state index contributed by atoms with van der Waals surface area (Å²) < 4.78 is 5.36. The van der Waals surface area contributed by atoms with Gasteiger partial charge in [0.15, 0.2) is 0 Å². The molecule has 1 unspecified atom stereocenters. The van der Waals surface area contributed by atoms with Gasteiger partial charge in [-0.1, -0.05) is 12.2 Å². The third-order valence-corrected chi connectivity index (χ3v) is 3.12. The first kappa shape index (κ1) is 7.92. The van der Waals surface area contributed by atoms with E-state index in [0.717, 1.165) is 18.7 Å². The van der Waals surface area contributed by atoms with Crippen molar-refractivity contribution in [3.8, 4) is 5.75 Å². The molecule has 2 nitrogen and oxygen atoms in total. The monoisotopic (exact) mass is 187 g/mol. The number of benzene rings is 1. The molecule has 0 spiro atoms. The summed E-state index contributed by atoms with van der Waals surface area (Å²) in [5, 5.41) is 3.44. The lowest BCUT2D eigenvalue weighted by atomic mass is 9.88. The van der Waals surface area contributed by atoms with Crippen LogP contribution >= 0.6 is 0 Å². The quantitative estimate of drug-likeness (QED) is 0.729. The first-order valence-electron chi connectivity index (χ1n) is 5.01. The summed E-state index contributed by atoms with van der Waals surface area (Å²) in [4.78, 5) is 0. The van der Waals surface area contributed by atoms with E-state index in [1.54, 1.807) is 7.11 Å². The van der Waals surface area contributed by atoms with Crippen LogP contribution in [0.1, 0.15) is 23.5 Å². The van der Waals surface area contributed by atoms with Crippen LogP contribution in [0.3, 0.4) is 0 Å². The Kier molecular flexibility index (Phi) is 1.57. The second kappa shape index (κ2) is 2.77. The van der Waals surface area contributed by atoms with Crippen molar-refractivity contribution in [2.45, 2.75) is 12.3 Å². The highest BCUT2D eigenvalue weighted by molar-refractivity contribution is 5.75. The number of hydrogen-bond acceptors (Lipinski definition) is 2. The summed E-state index contributed by atoms with van der Waals surface area (Å²) in [7, 11) is 1.73. The molecule has 1 aromatic rings. The number of anilines is 1. The second-order valence-electron chi connectivity index (χ2n) is 3.86. The van der Waals surface area contributed by atoms with E-state index in [1.807, 2.05) is 6.07 Å². The predicted molar refractivity (Wildman–Crippen MR) is 57.9 cm³/mol. The molecule has 0 saturated carbocycles. The van der Waals surface area contributed by atoms with E-state index in [2.05, 4.69) is 23.5 Å². The normalized spacial score (nSPS) is 21.6. The van der Waals surface area contributed by atoms with Gasteiger partial charge >= 0.3 is 0 Å². The molecule has 0 bridgehead atoms. The molecule has 2 aliphatic rings. The minimum Gasteiger partial charge on any atom is -0.496 e. The lowest BCUT2D eigenvalue weighted by Crippen LogP contribution is -2.04. The Hall–Kier alpha value is -1.44. The molecule has 0 aromatic heterocycles. The molecule has 1 atom stereocenters. The predicted octanol–water partition coefficient (Wildman–Crippen LogP) is 2.62. The van der Waals surface area contributed by atoms with Crippen LogP contribution < -0.4 is 10.1 Å². The zero-order valence-electron chi connectivity index (χ0n) is 8.21. The van der Waals surface area contributed by atoms with Crippen LogP contribution in [0, 0.1) is 0 Å². The highest BCUT2D eigenvalue weighted by Crippen LogP contribution is 2.43.